The second-order valence-corrected chi connectivity index (χ2v) is 13.1. The number of hydrogen-bond donors (Lipinski definition) is 6. The molecular formula is C44H34FeN8. The van der Waals surface area contributed by atoms with Crippen molar-refractivity contribution < 1.29 is 17.1 Å². The van der Waals surface area contributed by atoms with E-state index < -0.39 is 0 Å². The minimum Gasteiger partial charge on any atom is -0.399 e. The Balaban J connectivity index is 0.00000400. The number of nitrogens with one attached hydrogen (secondary N) is 2. The molecule has 2 aliphatic rings. The Labute approximate surface area is 316 Å². The molecule has 0 atom stereocenters. The number of rotatable bonds is 4. The Morgan fingerprint density at radius 3 is 1.42 bits per heavy atom. The molecule has 4 aromatic carbocycles. The molecule has 7 aromatic rings. The standard InChI is InChI=1S/C44H34N8.Fe/c45-29-9-1-25(2-10-29)38-23-37-22-35-18-17-33(49-35)21-34-19-20-36(50-34)24-39-40(26-3-11-30(46)12-4-26)41(27-5-13-31(47)14-6-27)44(52-39)42(43(38)51-37)28-7-15-32(48)16-8-28;/h1-24,49,52H,45-48H2;. The van der Waals surface area contributed by atoms with Gasteiger partial charge in [-0.1, -0.05) is 48.5 Å². The fourth-order valence-electron chi connectivity index (χ4n) is 6.96. The van der Waals surface area contributed by atoms with Crippen molar-refractivity contribution in [3.8, 4) is 33.4 Å². The molecule has 9 heteroatoms. The molecule has 0 saturated heterocycles. The maximum Gasteiger partial charge on any atom is 0.0815 e. The number of H-pyrrole nitrogens is 2. The van der Waals surface area contributed by atoms with Gasteiger partial charge in [0.15, 0.2) is 0 Å². The first-order valence-electron chi connectivity index (χ1n) is 17.0. The Kier molecular flexibility index (Phi) is 8.43. The molecule has 2 aliphatic heterocycles. The molecule has 0 aliphatic carbocycles. The first-order chi connectivity index (χ1) is 25.3. The van der Waals surface area contributed by atoms with Gasteiger partial charge in [0.1, 0.15) is 0 Å². The van der Waals surface area contributed by atoms with E-state index in [1.807, 2.05) is 97.1 Å². The third-order valence-electron chi connectivity index (χ3n) is 9.44. The fraction of sp³-hybridized carbons (Fsp3) is 0. The van der Waals surface area contributed by atoms with Crippen LogP contribution in [0, 0.1) is 0 Å². The first kappa shape index (κ1) is 33.3. The first-order valence-corrected chi connectivity index (χ1v) is 17.0. The molecule has 0 fully saturated rings. The van der Waals surface area contributed by atoms with Crippen molar-refractivity contribution >= 4 is 68.6 Å². The van der Waals surface area contributed by atoms with Gasteiger partial charge in [0.2, 0.25) is 0 Å². The average molecular weight is 731 g/mol. The van der Waals surface area contributed by atoms with E-state index in [0.29, 0.717) is 22.7 Å². The summed E-state index contributed by atoms with van der Waals surface area (Å²) in [6.45, 7) is 0. The molecule has 5 heterocycles. The Bertz CT molecular complexity index is 2740. The van der Waals surface area contributed by atoms with Gasteiger partial charge >= 0.3 is 0 Å². The summed E-state index contributed by atoms with van der Waals surface area (Å²) in [5.74, 6) is 0. The van der Waals surface area contributed by atoms with Gasteiger partial charge < -0.3 is 32.9 Å². The van der Waals surface area contributed by atoms with E-state index in [1.165, 1.54) is 0 Å². The van der Waals surface area contributed by atoms with Gasteiger partial charge in [0.25, 0.3) is 0 Å². The van der Waals surface area contributed by atoms with Crippen LogP contribution in [0.3, 0.4) is 0 Å². The molecule has 0 spiro atoms. The minimum absolute atomic E-state index is 0. The van der Waals surface area contributed by atoms with Crippen LogP contribution in [0.4, 0.5) is 22.7 Å². The van der Waals surface area contributed by atoms with Crippen molar-refractivity contribution in [3.05, 3.63) is 156 Å². The molecule has 0 radical (unpaired) electrons. The third-order valence-corrected chi connectivity index (χ3v) is 9.44. The summed E-state index contributed by atoms with van der Waals surface area (Å²) >= 11 is 0. The minimum atomic E-state index is 0. The summed E-state index contributed by atoms with van der Waals surface area (Å²) in [5.41, 5.74) is 42.2. The molecule has 0 unspecified atom stereocenters. The van der Waals surface area contributed by atoms with Crippen molar-refractivity contribution in [3.63, 3.8) is 0 Å². The number of nitrogen functional groups attached to an aromatic ring is 4. The number of anilines is 4. The van der Waals surface area contributed by atoms with Gasteiger partial charge in [-0.05, 0) is 119 Å². The summed E-state index contributed by atoms with van der Waals surface area (Å²) in [6.07, 6.45) is 6.19. The second kappa shape index (κ2) is 13.4. The maximum atomic E-state index is 6.27. The van der Waals surface area contributed by atoms with Crippen molar-refractivity contribution in [2.45, 2.75) is 0 Å². The number of benzene rings is 4. The van der Waals surface area contributed by atoms with Gasteiger partial charge in [-0.25, -0.2) is 9.97 Å². The van der Waals surface area contributed by atoms with Crippen LogP contribution < -0.4 is 22.9 Å². The molecular weight excluding hydrogens is 696 g/mol. The van der Waals surface area contributed by atoms with Crippen molar-refractivity contribution in [1.29, 1.82) is 0 Å². The number of nitrogens with two attached hydrogens (primary N) is 4. The monoisotopic (exact) mass is 730 g/mol. The van der Waals surface area contributed by atoms with Gasteiger partial charge in [-0.15, -0.1) is 0 Å². The number of hydrogen-bond acceptors (Lipinski definition) is 6. The topological polar surface area (TPSA) is 161 Å². The zero-order valence-corrected chi connectivity index (χ0v) is 29.5. The molecule has 53 heavy (non-hydrogen) atoms. The van der Waals surface area contributed by atoms with Crippen molar-refractivity contribution in [2.24, 2.45) is 0 Å². The SMILES string of the molecule is Nc1ccc(C2=Cc3cc4ccc(cc5nc(cc6[nH]c(c(-c7ccc(N)cc7)c2n3)c(-c2ccc(N)cc2)c6-c2ccc(N)cc2)C=C5)[nH]4)cc1.[Fe]. The van der Waals surface area contributed by atoms with E-state index in [9.17, 15) is 0 Å². The van der Waals surface area contributed by atoms with Gasteiger partial charge in [0.05, 0.1) is 28.3 Å². The van der Waals surface area contributed by atoms with E-state index >= 15 is 0 Å². The summed E-state index contributed by atoms with van der Waals surface area (Å²) < 4.78 is 0. The predicted molar refractivity (Wildman–Crippen MR) is 217 cm³/mol. The van der Waals surface area contributed by atoms with Gasteiger partial charge in [0, 0.05) is 78.6 Å². The molecule has 0 amide bonds. The normalized spacial score (nSPS) is 12.0. The number of aromatic amines is 2. The van der Waals surface area contributed by atoms with Crippen LogP contribution in [-0.4, -0.2) is 19.9 Å². The molecule has 3 aromatic heterocycles. The largest absolute Gasteiger partial charge is 0.399 e. The summed E-state index contributed by atoms with van der Waals surface area (Å²) in [6, 6.07) is 42.1. The summed E-state index contributed by atoms with van der Waals surface area (Å²) in [5, 5.41) is 0. The fourth-order valence-corrected chi connectivity index (χ4v) is 6.96. The third kappa shape index (κ3) is 6.36. The van der Waals surface area contributed by atoms with Crippen molar-refractivity contribution in [1.82, 2.24) is 19.9 Å². The van der Waals surface area contributed by atoms with Gasteiger partial charge in [-0.2, -0.15) is 0 Å². The van der Waals surface area contributed by atoms with Crippen LogP contribution in [0.25, 0.3) is 79.2 Å². The van der Waals surface area contributed by atoms with E-state index in [0.717, 1.165) is 89.4 Å². The smallest absolute Gasteiger partial charge is 0.0815 e. The predicted octanol–water partition coefficient (Wildman–Crippen LogP) is 9.40. The van der Waals surface area contributed by atoms with E-state index in [4.69, 9.17) is 32.9 Å². The summed E-state index contributed by atoms with van der Waals surface area (Å²) in [7, 11) is 0. The second-order valence-electron chi connectivity index (χ2n) is 13.1. The maximum absolute atomic E-state index is 6.27. The van der Waals surface area contributed by atoms with Crippen LogP contribution in [0.2, 0.25) is 0 Å². The number of aromatic nitrogens is 4. The Morgan fingerprint density at radius 2 is 0.868 bits per heavy atom. The van der Waals surface area contributed by atoms with Crippen LogP contribution >= 0.6 is 0 Å². The zero-order valence-electron chi connectivity index (χ0n) is 28.4. The summed E-state index contributed by atoms with van der Waals surface area (Å²) in [4.78, 5) is 17.8. The average Bonchev–Trinajstić information content (AvgIpc) is 3.95. The number of nitrogens with zero attached hydrogens (tertiary/aromatic N) is 2. The molecule has 10 N–H and O–H groups in total. The van der Waals surface area contributed by atoms with Crippen molar-refractivity contribution in [2.75, 3.05) is 22.9 Å². The van der Waals surface area contributed by atoms with E-state index in [-0.39, 0.29) is 17.1 Å². The van der Waals surface area contributed by atoms with Gasteiger partial charge in [-0.3, -0.25) is 0 Å². The molecule has 8 bridgehead atoms. The molecule has 0 saturated carbocycles. The molecule has 258 valence electrons. The molecule has 8 nitrogen and oxygen atoms in total. The van der Waals surface area contributed by atoms with E-state index in [1.54, 1.807) is 0 Å². The van der Waals surface area contributed by atoms with Crippen LogP contribution in [0.1, 0.15) is 28.3 Å². The molecule has 9 rings (SSSR count). The number of fused-ring (bicyclic) bond motifs is 8. The van der Waals surface area contributed by atoms with Crippen LogP contribution in [0.15, 0.2) is 127 Å². The van der Waals surface area contributed by atoms with Crippen LogP contribution in [0.5, 0.6) is 0 Å². The Hall–Kier alpha value is -6.80. The Morgan fingerprint density at radius 1 is 0.415 bits per heavy atom. The van der Waals surface area contributed by atoms with E-state index in [2.05, 4.69) is 58.5 Å². The van der Waals surface area contributed by atoms with Crippen LogP contribution in [-0.2, 0) is 17.1 Å². The zero-order chi connectivity index (χ0) is 35.3. The quantitative estimate of drug-likeness (QED) is 0.0781.